The number of rotatable bonds is 8. The van der Waals surface area contributed by atoms with E-state index in [1.165, 1.54) is 0 Å². The number of nitrogens with zero attached hydrogens (tertiary/aromatic N) is 10. The molecule has 0 saturated heterocycles. The molecular formula is C64H38N10O. The van der Waals surface area contributed by atoms with E-state index in [-0.39, 0.29) is 0 Å². The molecule has 7 heterocycles. The summed E-state index contributed by atoms with van der Waals surface area (Å²) < 4.78 is 10.9. The lowest BCUT2D eigenvalue weighted by Crippen LogP contribution is -2.03. The second-order valence-electron chi connectivity index (χ2n) is 18.4. The lowest BCUT2D eigenvalue weighted by Gasteiger charge is -2.12. The standard InChI is InChI=1S/C64H38N10O/c1-5-19-53-49(15-1)59(41-27-23-39(24-28-41)51-17-9-11-35-65-51)69-63(67-53)73-55-21-7-3-13-45(55)47-33-31-43(37-57(47)73)61-71-72-62(75-61)44-32-34-48-46-14-4-8-22-56(46)74(58(48)38-44)64-68-54-20-6-2-16-50(54)60(70-64)42-29-25-40(26-30-42)52-18-10-12-36-66-52/h1-38H. The predicted octanol–water partition coefficient (Wildman–Crippen LogP) is 14.9. The first-order valence-corrected chi connectivity index (χ1v) is 24.7. The van der Waals surface area contributed by atoms with E-state index >= 15 is 0 Å². The van der Waals surface area contributed by atoms with Crippen molar-refractivity contribution in [2.75, 3.05) is 0 Å². The fourth-order valence-electron chi connectivity index (χ4n) is 10.5. The molecule has 75 heavy (non-hydrogen) atoms. The Bertz CT molecular complexity index is 4400. The van der Waals surface area contributed by atoms with Gasteiger partial charge in [-0.2, -0.15) is 0 Å². The molecule has 0 aliphatic carbocycles. The summed E-state index contributed by atoms with van der Waals surface area (Å²) in [5.41, 5.74) is 14.5. The zero-order valence-electron chi connectivity index (χ0n) is 39.8. The highest BCUT2D eigenvalue weighted by Crippen LogP contribution is 2.39. The van der Waals surface area contributed by atoms with E-state index in [1.807, 2.05) is 109 Å². The van der Waals surface area contributed by atoms with Crippen LogP contribution in [0.3, 0.4) is 0 Å². The zero-order valence-corrected chi connectivity index (χ0v) is 39.8. The zero-order chi connectivity index (χ0) is 49.4. The van der Waals surface area contributed by atoms with Gasteiger partial charge in [0, 0.05) is 78.1 Å². The van der Waals surface area contributed by atoms with Gasteiger partial charge >= 0.3 is 0 Å². The van der Waals surface area contributed by atoms with Gasteiger partial charge in [0.25, 0.3) is 0 Å². The molecule has 350 valence electrons. The topological polar surface area (TPSA) is 126 Å². The Labute approximate surface area is 427 Å². The Morgan fingerprint density at radius 3 is 1.11 bits per heavy atom. The van der Waals surface area contributed by atoms with Gasteiger partial charge in [0.15, 0.2) is 0 Å². The molecular weight excluding hydrogens is 925 g/mol. The van der Waals surface area contributed by atoms with Crippen molar-refractivity contribution in [1.82, 2.24) is 49.2 Å². The molecule has 0 fully saturated rings. The summed E-state index contributed by atoms with van der Waals surface area (Å²) in [6.07, 6.45) is 3.63. The van der Waals surface area contributed by atoms with Crippen LogP contribution in [0.4, 0.5) is 0 Å². The number of aromatic nitrogens is 10. The van der Waals surface area contributed by atoms with Crippen molar-refractivity contribution in [1.29, 1.82) is 0 Å². The number of fused-ring (bicyclic) bond motifs is 8. The monoisotopic (exact) mass is 962 g/mol. The van der Waals surface area contributed by atoms with Crippen molar-refractivity contribution in [3.05, 3.63) is 231 Å². The molecule has 15 aromatic rings. The van der Waals surface area contributed by atoms with E-state index in [0.29, 0.717) is 23.7 Å². The van der Waals surface area contributed by atoms with Gasteiger partial charge in [-0.25, -0.2) is 19.9 Å². The molecule has 8 aromatic carbocycles. The Hall–Kier alpha value is -10.5. The highest BCUT2D eigenvalue weighted by molar-refractivity contribution is 6.11. The number of benzene rings is 8. The first-order valence-electron chi connectivity index (χ1n) is 24.7. The third-order valence-corrected chi connectivity index (χ3v) is 14.1. The predicted molar refractivity (Wildman–Crippen MR) is 297 cm³/mol. The average Bonchev–Trinajstić information content (AvgIpc) is 4.27. The summed E-state index contributed by atoms with van der Waals surface area (Å²) in [4.78, 5) is 30.2. The summed E-state index contributed by atoms with van der Waals surface area (Å²) >= 11 is 0. The van der Waals surface area contributed by atoms with Crippen LogP contribution in [0.5, 0.6) is 0 Å². The molecule has 0 radical (unpaired) electrons. The largest absolute Gasteiger partial charge is 0.416 e. The Kier molecular flexibility index (Phi) is 9.60. The van der Waals surface area contributed by atoms with Crippen molar-refractivity contribution in [3.8, 4) is 79.8 Å². The lowest BCUT2D eigenvalue weighted by molar-refractivity contribution is 0.584. The van der Waals surface area contributed by atoms with Gasteiger partial charge in [-0.15, -0.1) is 10.2 Å². The summed E-state index contributed by atoms with van der Waals surface area (Å²) in [6.45, 7) is 0. The maximum absolute atomic E-state index is 6.63. The molecule has 0 aliphatic rings. The van der Waals surface area contributed by atoms with Crippen LogP contribution < -0.4 is 0 Å². The second-order valence-corrected chi connectivity index (χ2v) is 18.4. The molecule has 0 N–H and O–H groups in total. The van der Waals surface area contributed by atoms with Gasteiger partial charge in [0.05, 0.1) is 55.9 Å². The SMILES string of the molecule is c1ccc(-c2ccc(-c3nc(-n4c5ccccc5c5ccc(-c6nnc(-c7ccc8c9ccccc9n(-c9nc(-c%10ccc(-c%11ccccn%11)cc%10)c%10ccccc%10n9)c8c7)o6)cc54)nc4ccccc34)cc2)nc1. The quantitative estimate of drug-likeness (QED) is 0.146. The first kappa shape index (κ1) is 42.2. The number of hydrogen-bond donors (Lipinski definition) is 0. The minimum atomic E-state index is 0.383. The van der Waals surface area contributed by atoms with Crippen LogP contribution in [0.2, 0.25) is 0 Å². The molecule has 11 nitrogen and oxygen atoms in total. The molecule has 0 amide bonds. The van der Waals surface area contributed by atoms with Crippen LogP contribution in [0.1, 0.15) is 0 Å². The van der Waals surface area contributed by atoms with Gasteiger partial charge < -0.3 is 4.42 Å². The van der Waals surface area contributed by atoms with Crippen LogP contribution in [-0.2, 0) is 0 Å². The van der Waals surface area contributed by atoms with Crippen molar-refractivity contribution in [3.63, 3.8) is 0 Å². The summed E-state index contributed by atoms with van der Waals surface area (Å²) in [5.74, 6) is 1.87. The maximum atomic E-state index is 6.63. The van der Waals surface area contributed by atoms with E-state index in [0.717, 1.165) is 122 Å². The van der Waals surface area contributed by atoms with Crippen LogP contribution in [0.15, 0.2) is 235 Å². The van der Waals surface area contributed by atoms with Crippen molar-refractivity contribution in [2.45, 2.75) is 0 Å². The van der Waals surface area contributed by atoms with Crippen LogP contribution in [0, 0.1) is 0 Å². The Balaban J connectivity index is 0.833. The fraction of sp³-hybridized carbons (Fsp3) is 0. The van der Waals surface area contributed by atoms with Crippen molar-refractivity contribution < 1.29 is 4.42 Å². The van der Waals surface area contributed by atoms with Gasteiger partial charge in [0.1, 0.15) is 0 Å². The van der Waals surface area contributed by atoms with Gasteiger partial charge in [0.2, 0.25) is 23.7 Å². The Morgan fingerprint density at radius 2 is 0.667 bits per heavy atom. The average molecular weight is 963 g/mol. The van der Waals surface area contributed by atoms with E-state index in [4.69, 9.17) is 24.4 Å². The van der Waals surface area contributed by atoms with Gasteiger partial charge in [-0.05, 0) is 72.8 Å². The second kappa shape index (κ2) is 17.1. The molecule has 0 aliphatic heterocycles. The molecule has 0 unspecified atom stereocenters. The van der Waals surface area contributed by atoms with Crippen LogP contribution in [-0.4, -0.2) is 49.2 Å². The molecule has 0 saturated carbocycles. The summed E-state index contributed by atoms with van der Waals surface area (Å²) in [6, 6.07) is 74.2. The minimum absolute atomic E-state index is 0.383. The van der Waals surface area contributed by atoms with Crippen molar-refractivity contribution in [2.24, 2.45) is 0 Å². The van der Waals surface area contributed by atoms with E-state index in [1.54, 1.807) is 0 Å². The molecule has 0 spiro atoms. The molecule has 7 aromatic heterocycles. The number of para-hydroxylation sites is 4. The highest BCUT2D eigenvalue weighted by Gasteiger charge is 2.22. The van der Waals surface area contributed by atoms with Crippen LogP contribution >= 0.6 is 0 Å². The highest BCUT2D eigenvalue weighted by atomic mass is 16.4. The van der Waals surface area contributed by atoms with Crippen molar-refractivity contribution >= 4 is 65.4 Å². The molecule has 0 atom stereocenters. The van der Waals surface area contributed by atoms with E-state index < -0.39 is 0 Å². The smallest absolute Gasteiger partial charge is 0.248 e. The summed E-state index contributed by atoms with van der Waals surface area (Å²) in [5, 5.41) is 15.5. The Morgan fingerprint density at radius 1 is 0.293 bits per heavy atom. The first-order chi connectivity index (χ1) is 37.2. The van der Waals surface area contributed by atoms with Gasteiger partial charge in [-0.3, -0.25) is 19.1 Å². The van der Waals surface area contributed by atoms with Gasteiger partial charge in [-0.1, -0.05) is 146 Å². The maximum Gasteiger partial charge on any atom is 0.248 e. The molecule has 11 heteroatoms. The lowest BCUT2D eigenvalue weighted by atomic mass is 10.0. The fourth-order valence-corrected chi connectivity index (χ4v) is 10.5. The third-order valence-electron chi connectivity index (χ3n) is 14.1. The molecule has 15 rings (SSSR count). The summed E-state index contributed by atoms with van der Waals surface area (Å²) in [7, 11) is 0. The van der Waals surface area contributed by atoms with Crippen LogP contribution in [0.25, 0.3) is 145 Å². The number of pyridine rings is 2. The normalized spacial score (nSPS) is 11.7. The molecule has 0 bridgehead atoms. The van der Waals surface area contributed by atoms with E-state index in [2.05, 4.69) is 151 Å². The number of hydrogen-bond acceptors (Lipinski definition) is 9. The minimum Gasteiger partial charge on any atom is -0.416 e. The van der Waals surface area contributed by atoms with E-state index in [9.17, 15) is 0 Å². The third kappa shape index (κ3) is 7.05.